The standard InChI is InChI=1S/C25H31N3O2/c1-18-17-28(25(29)27-23-9-6-19(2)26-16-23)12-10-22(18)14-21-4-3-5-24(15-21)30-13-11-20-7-8-20/h3-6,9,14-16,18,20H,7-8,10-13,17H2,1-2H3,(H,27,29)/b22-14+. The van der Waals surface area contributed by atoms with E-state index in [1.165, 1.54) is 30.4 Å². The lowest BCUT2D eigenvalue weighted by Crippen LogP contribution is -2.42. The number of pyridine rings is 1. The molecule has 1 unspecified atom stereocenters. The molecule has 1 N–H and O–H groups in total. The van der Waals surface area contributed by atoms with E-state index >= 15 is 0 Å². The van der Waals surface area contributed by atoms with E-state index in [1.54, 1.807) is 6.20 Å². The number of hydrogen-bond donors (Lipinski definition) is 1. The minimum absolute atomic E-state index is 0.0578. The van der Waals surface area contributed by atoms with Crippen LogP contribution in [0.4, 0.5) is 10.5 Å². The van der Waals surface area contributed by atoms with Crippen molar-refractivity contribution >= 4 is 17.8 Å². The number of aromatic nitrogens is 1. The molecule has 2 heterocycles. The number of ether oxygens (including phenoxy) is 1. The third-order valence-corrected chi connectivity index (χ3v) is 5.95. The van der Waals surface area contributed by atoms with E-state index < -0.39 is 0 Å². The Morgan fingerprint density at radius 2 is 2.17 bits per heavy atom. The van der Waals surface area contributed by atoms with Gasteiger partial charge in [0, 0.05) is 18.8 Å². The first-order valence-electron chi connectivity index (χ1n) is 11.0. The van der Waals surface area contributed by atoms with Crippen LogP contribution in [0.15, 0.2) is 48.2 Å². The SMILES string of the molecule is Cc1ccc(NC(=O)N2CC/C(=C\c3cccc(OCCC4CC4)c3)C(C)C2)cn1. The molecule has 158 valence electrons. The molecule has 2 aromatic rings. The smallest absolute Gasteiger partial charge is 0.321 e. The van der Waals surface area contributed by atoms with Gasteiger partial charge >= 0.3 is 6.03 Å². The van der Waals surface area contributed by atoms with Crippen molar-refractivity contribution in [3.8, 4) is 5.75 Å². The van der Waals surface area contributed by atoms with E-state index in [0.717, 1.165) is 42.6 Å². The molecular formula is C25H31N3O2. The second kappa shape index (κ2) is 9.33. The van der Waals surface area contributed by atoms with Crippen LogP contribution in [0.25, 0.3) is 6.08 Å². The van der Waals surface area contributed by atoms with Gasteiger partial charge in [0.15, 0.2) is 0 Å². The predicted molar refractivity (Wildman–Crippen MR) is 121 cm³/mol. The highest BCUT2D eigenvalue weighted by atomic mass is 16.5. The Labute approximate surface area is 179 Å². The minimum Gasteiger partial charge on any atom is -0.494 e. The maximum atomic E-state index is 12.6. The first-order chi connectivity index (χ1) is 14.6. The molecule has 1 aromatic carbocycles. The highest BCUT2D eigenvalue weighted by molar-refractivity contribution is 5.89. The zero-order chi connectivity index (χ0) is 20.9. The molecule has 2 amide bonds. The van der Waals surface area contributed by atoms with Crippen molar-refractivity contribution < 1.29 is 9.53 Å². The summed E-state index contributed by atoms with van der Waals surface area (Å²) in [5.41, 5.74) is 4.22. The van der Waals surface area contributed by atoms with Crippen LogP contribution in [-0.2, 0) is 0 Å². The Morgan fingerprint density at radius 3 is 2.90 bits per heavy atom. The lowest BCUT2D eigenvalue weighted by atomic mass is 9.91. The van der Waals surface area contributed by atoms with Crippen molar-refractivity contribution in [3.63, 3.8) is 0 Å². The Balaban J connectivity index is 1.32. The van der Waals surface area contributed by atoms with Crippen molar-refractivity contribution in [2.75, 3.05) is 25.0 Å². The fourth-order valence-corrected chi connectivity index (χ4v) is 3.85. The molecule has 5 nitrogen and oxygen atoms in total. The lowest BCUT2D eigenvalue weighted by molar-refractivity contribution is 0.198. The van der Waals surface area contributed by atoms with Gasteiger partial charge in [0.2, 0.25) is 0 Å². The van der Waals surface area contributed by atoms with Crippen LogP contribution >= 0.6 is 0 Å². The third-order valence-electron chi connectivity index (χ3n) is 5.95. The summed E-state index contributed by atoms with van der Waals surface area (Å²) in [4.78, 5) is 18.7. The summed E-state index contributed by atoms with van der Waals surface area (Å²) in [5.74, 6) is 2.15. The molecule has 1 aliphatic carbocycles. The Morgan fingerprint density at radius 1 is 1.30 bits per heavy atom. The summed E-state index contributed by atoms with van der Waals surface area (Å²) in [7, 11) is 0. The van der Waals surface area contributed by atoms with Crippen molar-refractivity contribution in [2.45, 2.75) is 39.5 Å². The summed E-state index contributed by atoms with van der Waals surface area (Å²) < 4.78 is 5.93. The van der Waals surface area contributed by atoms with E-state index in [4.69, 9.17) is 4.74 Å². The molecule has 1 saturated carbocycles. The average molecular weight is 406 g/mol. The summed E-state index contributed by atoms with van der Waals surface area (Å²) in [6, 6.07) is 12.1. The van der Waals surface area contributed by atoms with Gasteiger partial charge < -0.3 is 15.0 Å². The van der Waals surface area contributed by atoms with E-state index in [2.05, 4.69) is 41.5 Å². The van der Waals surface area contributed by atoms with Crippen molar-refractivity contribution in [1.82, 2.24) is 9.88 Å². The number of anilines is 1. The van der Waals surface area contributed by atoms with Crippen LogP contribution in [0, 0.1) is 18.8 Å². The number of hydrogen-bond acceptors (Lipinski definition) is 3. The Kier molecular flexibility index (Phi) is 6.36. The number of carbonyl (C=O) groups excluding carboxylic acids is 1. The average Bonchev–Trinajstić information content (AvgIpc) is 3.56. The second-order valence-corrected chi connectivity index (χ2v) is 8.59. The molecule has 30 heavy (non-hydrogen) atoms. The number of nitrogens with one attached hydrogen (secondary N) is 1. The van der Waals surface area contributed by atoms with E-state index in [-0.39, 0.29) is 6.03 Å². The van der Waals surface area contributed by atoms with Crippen molar-refractivity contribution in [2.24, 2.45) is 11.8 Å². The fourth-order valence-electron chi connectivity index (χ4n) is 3.85. The van der Waals surface area contributed by atoms with Crippen LogP contribution in [0.1, 0.15) is 43.9 Å². The van der Waals surface area contributed by atoms with Crippen LogP contribution in [0.3, 0.4) is 0 Å². The highest BCUT2D eigenvalue weighted by Crippen LogP contribution is 2.32. The first kappa shape index (κ1) is 20.5. The number of rotatable bonds is 6. The van der Waals surface area contributed by atoms with E-state index in [1.807, 2.05) is 30.0 Å². The molecule has 5 heteroatoms. The maximum absolute atomic E-state index is 12.6. The van der Waals surface area contributed by atoms with E-state index in [0.29, 0.717) is 12.5 Å². The molecule has 2 fully saturated rings. The van der Waals surface area contributed by atoms with Crippen LogP contribution in [-0.4, -0.2) is 35.6 Å². The van der Waals surface area contributed by atoms with Gasteiger partial charge in [0.1, 0.15) is 5.75 Å². The van der Waals surface area contributed by atoms with Gasteiger partial charge in [-0.05, 0) is 61.4 Å². The summed E-state index contributed by atoms with van der Waals surface area (Å²) in [6.07, 6.45) is 8.74. The van der Waals surface area contributed by atoms with Crippen LogP contribution < -0.4 is 10.1 Å². The molecule has 1 atom stereocenters. The van der Waals surface area contributed by atoms with Gasteiger partial charge in [-0.2, -0.15) is 0 Å². The molecule has 0 radical (unpaired) electrons. The van der Waals surface area contributed by atoms with Gasteiger partial charge in [0.25, 0.3) is 0 Å². The summed E-state index contributed by atoms with van der Waals surface area (Å²) in [6.45, 7) is 6.37. The van der Waals surface area contributed by atoms with Gasteiger partial charge in [-0.25, -0.2) is 4.79 Å². The molecule has 0 spiro atoms. The number of aryl methyl sites for hydroxylation is 1. The molecule has 1 saturated heterocycles. The lowest BCUT2D eigenvalue weighted by Gasteiger charge is -2.33. The van der Waals surface area contributed by atoms with Crippen LogP contribution in [0.2, 0.25) is 0 Å². The zero-order valence-corrected chi connectivity index (χ0v) is 17.9. The number of carbonyl (C=O) groups is 1. The number of likely N-dealkylation sites (tertiary alicyclic amines) is 1. The normalized spacial score (nSPS) is 20.3. The third kappa shape index (κ3) is 5.62. The van der Waals surface area contributed by atoms with Gasteiger partial charge in [-0.15, -0.1) is 0 Å². The predicted octanol–water partition coefficient (Wildman–Crippen LogP) is 5.53. The molecular weight excluding hydrogens is 374 g/mol. The quantitative estimate of drug-likeness (QED) is 0.688. The number of nitrogens with zero attached hydrogens (tertiary/aromatic N) is 2. The second-order valence-electron chi connectivity index (χ2n) is 8.59. The number of amides is 2. The number of piperidine rings is 1. The molecule has 4 rings (SSSR count). The number of benzene rings is 1. The molecule has 0 bridgehead atoms. The number of urea groups is 1. The minimum atomic E-state index is -0.0578. The van der Waals surface area contributed by atoms with Gasteiger partial charge in [0.05, 0.1) is 18.5 Å². The maximum Gasteiger partial charge on any atom is 0.321 e. The van der Waals surface area contributed by atoms with Crippen LogP contribution in [0.5, 0.6) is 5.75 Å². The largest absolute Gasteiger partial charge is 0.494 e. The topological polar surface area (TPSA) is 54.5 Å². The van der Waals surface area contributed by atoms with Crippen molar-refractivity contribution in [3.05, 3.63) is 59.4 Å². The molecule has 1 aromatic heterocycles. The van der Waals surface area contributed by atoms with Gasteiger partial charge in [-0.3, -0.25) is 4.98 Å². The zero-order valence-electron chi connectivity index (χ0n) is 17.9. The summed E-state index contributed by atoms with van der Waals surface area (Å²) >= 11 is 0. The monoisotopic (exact) mass is 405 g/mol. The molecule has 1 aliphatic heterocycles. The van der Waals surface area contributed by atoms with E-state index in [9.17, 15) is 4.79 Å². The van der Waals surface area contributed by atoms with Crippen molar-refractivity contribution in [1.29, 1.82) is 0 Å². The highest BCUT2D eigenvalue weighted by Gasteiger charge is 2.24. The Hall–Kier alpha value is -2.82. The molecule has 2 aliphatic rings. The van der Waals surface area contributed by atoms with Gasteiger partial charge in [-0.1, -0.05) is 43.5 Å². The first-order valence-corrected chi connectivity index (χ1v) is 11.0. The Bertz CT molecular complexity index is 903. The summed E-state index contributed by atoms with van der Waals surface area (Å²) in [5, 5.41) is 2.95. The fraction of sp³-hybridized carbons (Fsp3) is 0.440.